The Hall–Kier alpha value is -1.40. The van der Waals surface area contributed by atoms with Gasteiger partial charge in [-0.05, 0) is 37.3 Å². The van der Waals surface area contributed by atoms with E-state index in [2.05, 4.69) is 12.2 Å². The van der Waals surface area contributed by atoms with Crippen molar-refractivity contribution < 1.29 is 14.7 Å². The molecule has 0 spiro atoms. The summed E-state index contributed by atoms with van der Waals surface area (Å²) in [6.07, 6.45) is 2.98. The molecular weight excluding hydrogens is 288 g/mol. The fraction of sp³-hybridized carbons (Fsp3) is 0.600. The highest BCUT2D eigenvalue weighted by molar-refractivity contribution is 7.14. The minimum absolute atomic E-state index is 0.0186. The van der Waals surface area contributed by atoms with Crippen molar-refractivity contribution >= 4 is 23.2 Å². The minimum atomic E-state index is -0.843. The van der Waals surface area contributed by atoms with E-state index >= 15 is 0 Å². The van der Waals surface area contributed by atoms with Crippen LogP contribution in [0.15, 0.2) is 12.1 Å². The van der Waals surface area contributed by atoms with E-state index in [1.54, 1.807) is 11.3 Å². The largest absolute Gasteiger partial charge is 0.480 e. The van der Waals surface area contributed by atoms with Crippen LogP contribution in [0, 0.1) is 5.92 Å². The van der Waals surface area contributed by atoms with Gasteiger partial charge in [-0.1, -0.05) is 6.92 Å². The number of piperidine rings is 1. The van der Waals surface area contributed by atoms with Crippen molar-refractivity contribution in [1.29, 1.82) is 0 Å². The topological polar surface area (TPSA) is 69.6 Å². The van der Waals surface area contributed by atoms with E-state index in [9.17, 15) is 9.59 Å². The van der Waals surface area contributed by atoms with Gasteiger partial charge in [0, 0.05) is 24.5 Å². The van der Waals surface area contributed by atoms with E-state index in [0.717, 1.165) is 30.7 Å². The van der Waals surface area contributed by atoms with Gasteiger partial charge < -0.3 is 15.3 Å². The predicted molar refractivity (Wildman–Crippen MR) is 82.8 cm³/mol. The number of likely N-dealkylation sites (tertiary alicyclic amines) is 1. The van der Waals surface area contributed by atoms with Crippen LogP contribution < -0.4 is 5.32 Å². The normalized spacial score (nSPS) is 18.7. The Morgan fingerprint density at radius 3 is 2.95 bits per heavy atom. The maximum atomic E-state index is 12.5. The van der Waals surface area contributed by atoms with Gasteiger partial charge in [0.15, 0.2) is 0 Å². The number of nitrogens with one attached hydrogen (secondary N) is 1. The second kappa shape index (κ2) is 7.56. The molecule has 116 valence electrons. The summed E-state index contributed by atoms with van der Waals surface area (Å²) in [7, 11) is 0. The van der Waals surface area contributed by atoms with Crippen molar-refractivity contribution in [2.45, 2.75) is 26.2 Å². The van der Waals surface area contributed by atoms with Crippen molar-refractivity contribution in [3.05, 3.63) is 21.9 Å². The molecule has 1 unspecified atom stereocenters. The molecule has 0 aromatic carbocycles. The highest BCUT2D eigenvalue weighted by Gasteiger charge is 2.25. The van der Waals surface area contributed by atoms with Gasteiger partial charge in [0.1, 0.15) is 0 Å². The SMILES string of the molecule is CCc1ccc(C(=O)N2CCCC(CNCC(=O)O)C2)s1. The molecule has 2 heterocycles. The van der Waals surface area contributed by atoms with E-state index < -0.39 is 5.97 Å². The van der Waals surface area contributed by atoms with E-state index in [4.69, 9.17) is 5.11 Å². The van der Waals surface area contributed by atoms with Gasteiger partial charge in [0.05, 0.1) is 11.4 Å². The van der Waals surface area contributed by atoms with Crippen LogP contribution in [0.3, 0.4) is 0 Å². The summed E-state index contributed by atoms with van der Waals surface area (Å²) >= 11 is 1.57. The summed E-state index contributed by atoms with van der Waals surface area (Å²) in [5, 5.41) is 11.6. The zero-order valence-corrected chi connectivity index (χ0v) is 13.1. The second-order valence-corrected chi connectivity index (χ2v) is 6.57. The van der Waals surface area contributed by atoms with Crippen LogP contribution in [0.2, 0.25) is 0 Å². The van der Waals surface area contributed by atoms with E-state index in [-0.39, 0.29) is 12.5 Å². The molecule has 1 atom stereocenters. The van der Waals surface area contributed by atoms with Crippen LogP contribution in [0.4, 0.5) is 0 Å². The smallest absolute Gasteiger partial charge is 0.317 e. The number of aliphatic carboxylic acids is 1. The van der Waals surface area contributed by atoms with Gasteiger partial charge in [-0.3, -0.25) is 9.59 Å². The fourth-order valence-electron chi connectivity index (χ4n) is 2.64. The summed E-state index contributed by atoms with van der Waals surface area (Å²) < 4.78 is 0. The Kier molecular flexibility index (Phi) is 5.76. The molecule has 1 amide bonds. The Morgan fingerprint density at radius 1 is 1.48 bits per heavy atom. The standard InChI is InChI=1S/C15H22N2O3S/c1-2-12-5-6-13(21-12)15(20)17-7-3-4-11(10-17)8-16-9-14(18)19/h5-6,11,16H,2-4,7-10H2,1H3,(H,18,19). The highest BCUT2D eigenvalue weighted by atomic mass is 32.1. The average Bonchev–Trinajstić information content (AvgIpc) is 2.95. The summed E-state index contributed by atoms with van der Waals surface area (Å²) in [6.45, 7) is 4.24. The van der Waals surface area contributed by atoms with Crippen molar-refractivity contribution in [2.75, 3.05) is 26.2 Å². The number of rotatable bonds is 6. The molecule has 6 heteroatoms. The number of carbonyl (C=O) groups excluding carboxylic acids is 1. The Morgan fingerprint density at radius 2 is 2.29 bits per heavy atom. The van der Waals surface area contributed by atoms with Crippen LogP contribution in [0.5, 0.6) is 0 Å². The highest BCUT2D eigenvalue weighted by Crippen LogP contribution is 2.22. The number of hydrogen-bond acceptors (Lipinski definition) is 4. The first kappa shape index (κ1) is 16.0. The maximum Gasteiger partial charge on any atom is 0.317 e. The molecule has 1 aliphatic heterocycles. The third kappa shape index (κ3) is 4.54. The number of carboxylic acid groups (broad SMARTS) is 1. The van der Waals surface area contributed by atoms with Crippen LogP contribution in [0.1, 0.15) is 34.3 Å². The first-order valence-electron chi connectivity index (χ1n) is 7.40. The molecule has 1 fully saturated rings. The molecule has 1 saturated heterocycles. The molecule has 21 heavy (non-hydrogen) atoms. The van der Waals surface area contributed by atoms with E-state index in [1.807, 2.05) is 17.0 Å². The van der Waals surface area contributed by atoms with Crippen LogP contribution in [0.25, 0.3) is 0 Å². The van der Waals surface area contributed by atoms with E-state index in [1.165, 1.54) is 4.88 Å². The average molecular weight is 310 g/mol. The molecule has 2 N–H and O–H groups in total. The molecular formula is C15H22N2O3S. The second-order valence-electron chi connectivity index (χ2n) is 5.40. The molecule has 0 radical (unpaired) electrons. The minimum Gasteiger partial charge on any atom is -0.480 e. The number of amides is 1. The third-order valence-corrected chi connectivity index (χ3v) is 4.95. The molecule has 2 rings (SSSR count). The lowest BCUT2D eigenvalue weighted by atomic mass is 9.98. The van der Waals surface area contributed by atoms with Crippen molar-refractivity contribution in [1.82, 2.24) is 10.2 Å². The van der Waals surface area contributed by atoms with Crippen LogP contribution in [-0.2, 0) is 11.2 Å². The van der Waals surface area contributed by atoms with E-state index in [0.29, 0.717) is 19.0 Å². The zero-order chi connectivity index (χ0) is 15.2. The summed E-state index contributed by atoms with van der Waals surface area (Å²) in [6, 6.07) is 3.94. The first-order chi connectivity index (χ1) is 10.1. The molecule has 1 aromatic heterocycles. The third-order valence-electron chi connectivity index (χ3n) is 3.74. The van der Waals surface area contributed by atoms with Gasteiger partial charge in [0.2, 0.25) is 0 Å². The molecule has 1 aromatic rings. The van der Waals surface area contributed by atoms with Gasteiger partial charge in [0.25, 0.3) is 5.91 Å². The number of hydrogen-bond donors (Lipinski definition) is 2. The Labute approximate surface area is 129 Å². The summed E-state index contributed by atoms with van der Waals surface area (Å²) in [5.41, 5.74) is 0. The van der Waals surface area contributed by atoms with Gasteiger partial charge in [-0.25, -0.2) is 0 Å². The number of carboxylic acids is 1. The van der Waals surface area contributed by atoms with Crippen molar-refractivity contribution in [3.63, 3.8) is 0 Å². The lowest BCUT2D eigenvalue weighted by molar-refractivity contribution is -0.136. The number of aryl methyl sites for hydroxylation is 1. The molecule has 5 nitrogen and oxygen atoms in total. The van der Waals surface area contributed by atoms with Crippen molar-refractivity contribution in [2.24, 2.45) is 5.92 Å². The van der Waals surface area contributed by atoms with Crippen molar-refractivity contribution in [3.8, 4) is 0 Å². The lowest BCUT2D eigenvalue weighted by Gasteiger charge is -2.32. The first-order valence-corrected chi connectivity index (χ1v) is 8.22. The fourth-order valence-corrected chi connectivity index (χ4v) is 3.55. The maximum absolute atomic E-state index is 12.5. The van der Waals surface area contributed by atoms with Gasteiger partial charge in [-0.2, -0.15) is 0 Å². The lowest BCUT2D eigenvalue weighted by Crippen LogP contribution is -2.43. The quantitative estimate of drug-likeness (QED) is 0.841. The summed E-state index contributed by atoms with van der Waals surface area (Å²) in [5.74, 6) is -0.389. The van der Waals surface area contributed by atoms with Crippen LogP contribution >= 0.6 is 11.3 Å². The predicted octanol–water partition coefficient (Wildman–Crippen LogP) is 1.84. The molecule has 1 aliphatic rings. The Balaban J connectivity index is 1.87. The molecule has 0 bridgehead atoms. The zero-order valence-electron chi connectivity index (χ0n) is 12.3. The van der Waals surface area contributed by atoms with Gasteiger partial charge >= 0.3 is 5.97 Å². The number of nitrogens with zero attached hydrogens (tertiary/aromatic N) is 1. The van der Waals surface area contributed by atoms with Gasteiger partial charge in [-0.15, -0.1) is 11.3 Å². The monoisotopic (exact) mass is 310 g/mol. The van der Waals surface area contributed by atoms with Crippen LogP contribution in [-0.4, -0.2) is 48.1 Å². The molecule has 0 aliphatic carbocycles. The Bertz CT molecular complexity index is 501. The number of carbonyl (C=O) groups is 2. The summed E-state index contributed by atoms with van der Waals surface area (Å²) in [4.78, 5) is 26.9. The number of thiophene rings is 1. The molecule has 0 saturated carbocycles.